The molecule has 2 nitrogen and oxygen atoms in total. The Kier molecular flexibility index (Phi) is 16.3. The zero-order chi connectivity index (χ0) is 17.3. The summed E-state index contributed by atoms with van der Waals surface area (Å²) in [4.78, 5) is 15.2. The number of hydrogen-bond acceptors (Lipinski definition) is 3. The van der Waals surface area contributed by atoms with Crippen molar-refractivity contribution in [1.82, 2.24) is 4.90 Å². The fourth-order valence-corrected chi connectivity index (χ4v) is 2.98. The van der Waals surface area contributed by atoms with Gasteiger partial charge in [0.25, 0.3) is 0 Å². The Morgan fingerprint density at radius 3 is 2.13 bits per heavy atom. The Bertz CT molecular complexity index is 331. The van der Waals surface area contributed by atoms with E-state index < -0.39 is 0 Å². The fraction of sp³-hybridized carbons (Fsp3) is 0.842. The van der Waals surface area contributed by atoms with Gasteiger partial charge in [-0.1, -0.05) is 83.2 Å². The second kappa shape index (κ2) is 16.5. The average molecular weight is 358 g/mol. The number of hydrogen-bond donors (Lipinski definition) is 0. The van der Waals surface area contributed by atoms with Crippen LogP contribution < -0.4 is 0 Å². The number of carbonyl (C=O) groups is 1. The van der Waals surface area contributed by atoms with Crippen LogP contribution in [0, 0.1) is 0 Å². The smallest absolute Gasteiger partial charge is 0.227 e. The van der Waals surface area contributed by atoms with Gasteiger partial charge in [0.05, 0.1) is 6.42 Å². The highest BCUT2D eigenvalue weighted by atomic mass is 32.1. The predicted molar refractivity (Wildman–Crippen MR) is 110 cm³/mol. The molecule has 134 valence electrons. The summed E-state index contributed by atoms with van der Waals surface area (Å²) in [6, 6.07) is 0. The Morgan fingerprint density at radius 1 is 0.870 bits per heavy atom. The van der Waals surface area contributed by atoms with Crippen molar-refractivity contribution in [2.45, 2.75) is 90.9 Å². The van der Waals surface area contributed by atoms with Crippen molar-refractivity contribution in [1.29, 1.82) is 0 Å². The molecule has 0 aliphatic carbocycles. The zero-order valence-electron chi connectivity index (χ0n) is 15.1. The topological polar surface area (TPSA) is 20.3 Å². The van der Waals surface area contributed by atoms with E-state index in [4.69, 9.17) is 24.4 Å². The van der Waals surface area contributed by atoms with Gasteiger partial charge in [0, 0.05) is 13.1 Å². The maximum Gasteiger partial charge on any atom is 0.227 e. The van der Waals surface area contributed by atoms with Gasteiger partial charge < -0.3 is 4.90 Å². The first kappa shape index (κ1) is 22.6. The highest BCUT2D eigenvalue weighted by molar-refractivity contribution is 7.80. The van der Waals surface area contributed by atoms with E-state index in [2.05, 4.69) is 13.8 Å². The van der Waals surface area contributed by atoms with Crippen LogP contribution in [0.3, 0.4) is 0 Å². The van der Waals surface area contributed by atoms with Crippen LogP contribution >= 0.6 is 24.4 Å². The number of carbonyl (C=O) groups excluding carboxylic acids is 1. The van der Waals surface area contributed by atoms with E-state index in [0.29, 0.717) is 6.42 Å². The molecule has 0 aromatic carbocycles. The van der Waals surface area contributed by atoms with E-state index in [0.717, 1.165) is 37.2 Å². The molecule has 0 N–H and O–H groups in total. The Balaban J connectivity index is 4.06. The molecule has 1 amide bonds. The average Bonchev–Trinajstić information content (AvgIpc) is 2.53. The largest absolute Gasteiger partial charge is 0.342 e. The van der Waals surface area contributed by atoms with Gasteiger partial charge in [-0.05, 0) is 35.9 Å². The van der Waals surface area contributed by atoms with Gasteiger partial charge in [-0.15, -0.1) is 0 Å². The Morgan fingerprint density at radius 2 is 1.48 bits per heavy atom. The first-order valence-corrected chi connectivity index (χ1v) is 10.3. The standard InChI is InChI=1S/C19H35NOS2/c1-3-5-7-8-9-11-15-20(19(21)14-17-22)16-13-18(23)12-10-6-4-2/h17H,3-16H2,1-2H3. The Labute approximate surface area is 154 Å². The van der Waals surface area contributed by atoms with Gasteiger partial charge in [-0.2, -0.15) is 0 Å². The number of rotatable bonds is 16. The monoisotopic (exact) mass is 357 g/mol. The van der Waals surface area contributed by atoms with Gasteiger partial charge in [0.2, 0.25) is 5.91 Å². The third-order valence-electron chi connectivity index (χ3n) is 4.11. The van der Waals surface area contributed by atoms with Crippen molar-refractivity contribution in [3.8, 4) is 0 Å². The molecular weight excluding hydrogens is 322 g/mol. The summed E-state index contributed by atoms with van der Waals surface area (Å²) in [5.41, 5.74) is 0. The second-order valence-corrected chi connectivity index (χ2v) is 7.18. The first-order valence-electron chi connectivity index (χ1n) is 9.38. The van der Waals surface area contributed by atoms with Crippen molar-refractivity contribution < 1.29 is 4.79 Å². The lowest BCUT2D eigenvalue weighted by Gasteiger charge is -2.22. The molecule has 0 spiro atoms. The van der Waals surface area contributed by atoms with Crippen molar-refractivity contribution in [2.75, 3.05) is 13.1 Å². The molecule has 0 saturated heterocycles. The molecule has 0 bridgehead atoms. The van der Waals surface area contributed by atoms with Crippen LogP contribution in [0.5, 0.6) is 0 Å². The maximum atomic E-state index is 12.2. The van der Waals surface area contributed by atoms with Crippen molar-refractivity contribution in [3.63, 3.8) is 0 Å². The van der Waals surface area contributed by atoms with Crippen molar-refractivity contribution in [3.05, 3.63) is 0 Å². The van der Waals surface area contributed by atoms with Crippen molar-refractivity contribution in [2.24, 2.45) is 0 Å². The van der Waals surface area contributed by atoms with Crippen LogP contribution in [0.4, 0.5) is 0 Å². The van der Waals surface area contributed by atoms with Crippen LogP contribution in [0.1, 0.15) is 90.9 Å². The van der Waals surface area contributed by atoms with Crippen LogP contribution in [-0.4, -0.2) is 34.1 Å². The summed E-state index contributed by atoms with van der Waals surface area (Å²) in [6.45, 7) is 6.05. The molecule has 0 atom stereocenters. The van der Waals surface area contributed by atoms with Gasteiger partial charge in [-0.25, -0.2) is 0 Å². The summed E-state index contributed by atoms with van der Waals surface area (Å²) in [5, 5.41) is 1.54. The fourth-order valence-electron chi connectivity index (χ4n) is 2.60. The van der Waals surface area contributed by atoms with E-state index in [-0.39, 0.29) is 5.91 Å². The van der Waals surface area contributed by atoms with Gasteiger partial charge in [0.1, 0.15) is 0 Å². The van der Waals surface area contributed by atoms with Crippen LogP contribution in [-0.2, 0) is 4.79 Å². The number of unbranched alkanes of at least 4 members (excludes halogenated alkanes) is 7. The SMILES string of the molecule is CCCCCCCCN(CCC(=S)CCCCC)C(=O)CC=S. The first-order chi connectivity index (χ1) is 11.2. The van der Waals surface area contributed by atoms with Crippen LogP contribution in [0.25, 0.3) is 0 Å². The molecule has 4 heteroatoms. The molecule has 23 heavy (non-hydrogen) atoms. The molecule has 0 rings (SSSR count). The minimum atomic E-state index is 0.157. The van der Waals surface area contributed by atoms with Gasteiger partial charge >= 0.3 is 0 Å². The Hall–Kier alpha value is -0.350. The minimum Gasteiger partial charge on any atom is -0.342 e. The lowest BCUT2D eigenvalue weighted by atomic mass is 10.1. The van der Waals surface area contributed by atoms with E-state index >= 15 is 0 Å². The molecule has 0 radical (unpaired) electrons. The second-order valence-electron chi connectivity index (χ2n) is 6.27. The lowest BCUT2D eigenvalue weighted by molar-refractivity contribution is -0.129. The molecule has 0 unspecified atom stereocenters. The summed E-state index contributed by atoms with van der Waals surface area (Å²) in [6.07, 6.45) is 13.4. The molecule has 0 aliphatic rings. The molecule has 0 heterocycles. The molecular formula is C19H35NOS2. The maximum absolute atomic E-state index is 12.2. The summed E-state index contributed by atoms with van der Waals surface area (Å²) >= 11 is 10.3. The normalized spacial score (nSPS) is 10.5. The lowest BCUT2D eigenvalue weighted by Crippen LogP contribution is -2.33. The summed E-state index contributed by atoms with van der Waals surface area (Å²) < 4.78 is 0. The quantitative estimate of drug-likeness (QED) is 0.253. The highest BCUT2D eigenvalue weighted by Gasteiger charge is 2.12. The van der Waals surface area contributed by atoms with Crippen molar-refractivity contribution >= 4 is 40.6 Å². The van der Waals surface area contributed by atoms with E-state index in [1.165, 1.54) is 56.7 Å². The molecule has 0 fully saturated rings. The number of amides is 1. The third-order valence-corrected chi connectivity index (χ3v) is 4.69. The van der Waals surface area contributed by atoms with Crippen LogP contribution in [0.15, 0.2) is 0 Å². The van der Waals surface area contributed by atoms with E-state index in [1.807, 2.05) is 4.90 Å². The van der Waals surface area contributed by atoms with E-state index in [9.17, 15) is 4.79 Å². The minimum absolute atomic E-state index is 0.157. The summed E-state index contributed by atoms with van der Waals surface area (Å²) in [5.74, 6) is 0.157. The highest BCUT2D eigenvalue weighted by Crippen LogP contribution is 2.09. The van der Waals surface area contributed by atoms with Crippen LogP contribution in [0.2, 0.25) is 0 Å². The third kappa shape index (κ3) is 13.8. The number of nitrogens with zero attached hydrogens (tertiary/aromatic N) is 1. The predicted octanol–water partition coefficient (Wildman–Crippen LogP) is 5.91. The molecule has 0 aromatic heterocycles. The number of thiocarbonyl (C=S) groups is 2. The molecule has 0 aromatic rings. The van der Waals surface area contributed by atoms with Gasteiger partial charge in [0.15, 0.2) is 0 Å². The zero-order valence-corrected chi connectivity index (χ0v) is 16.8. The molecule has 0 aliphatic heterocycles. The summed E-state index contributed by atoms with van der Waals surface area (Å²) in [7, 11) is 0. The molecule has 0 saturated carbocycles. The van der Waals surface area contributed by atoms with Gasteiger partial charge in [-0.3, -0.25) is 4.79 Å². The van der Waals surface area contributed by atoms with E-state index in [1.54, 1.807) is 0 Å².